The third kappa shape index (κ3) is 12.1. The Bertz CT molecular complexity index is 1230. The van der Waals surface area contributed by atoms with Crippen molar-refractivity contribution in [3.05, 3.63) is 57.6 Å². The smallest absolute Gasteiger partial charge is 0.337 e. The molecule has 46 heavy (non-hydrogen) atoms. The molecule has 0 spiro atoms. The molecule has 0 radical (unpaired) electrons. The lowest BCUT2D eigenvalue weighted by molar-refractivity contribution is 0.0513. The molecular weight excluding hydrogens is 572 g/mol. The lowest BCUT2D eigenvalue weighted by Gasteiger charge is -2.38. The van der Waals surface area contributed by atoms with E-state index in [4.69, 9.17) is 19.3 Å². The molecule has 5 nitrogen and oxygen atoms in total. The van der Waals surface area contributed by atoms with Crippen LogP contribution in [0.5, 0.6) is 11.5 Å². The minimum absolute atomic E-state index is 0.145. The normalized spacial score (nSPS) is 17.1. The molecule has 1 N–H and O–H groups in total. The molecule has 0 fully saturated rings. The van der Waals surface area contributed by atoms with Crippen molar-refractivity contribution in [2.24, 2.45) is 17.8 Å². The van der Waals surface area contributed by atoms with Gasteiger partial charge in [-0.3, -0.25) is 0 Å². The summed E-state index contributed by atoms with van der Waals surface area (Å²) in [6.45, 7) is 18.1. The quantitative estimate of drug-likeness (QED) is 0.147. The number of benzene rings is 2. The predicted octanol–water partition coefficient (Wildman–Crippen LogP) is 10.8. The van der Waals surface area contributed by atoms with Gasteiger partial charge < -0.3 is 19.3 Å². The van der Waals surface area contributed by atoms with Gasteiger partial charge in [-0.25, -0.2) is 4.79 Å². The number of aliphatic hydroxyl groups excluding tert-OH is 1. The summed E-state index contributed by atoms with van der Waals surface area (Å²) >= 11 is 0. The SMILES string of the molecule is CCO.COC(=O)c1ccc(/C=C/c2c3c(c(C)c(C)c2OC)OC(C)(CCCC(C)CCCC(C)CCCC(C)C)CC3)cc1. The second-order valence-corrected chi connectivity index (χ2v) is 14.2. The van der Waals surface area contributed by atoms with Gasteiger partial charge in [0.25, 0.3) is 0 Å². The van der Waals surface area contributed by atoms with Crippen molar-refractivity contribution < 1.29 is 24.1 Å². The summed E-state index contributed by atoms with van der Waals surface area (Å²) in [7, 11) is 3.15. The Morgan fingerprint density at radius 3 is 2.02 bits per heavy atom. The molecule has 2 aromatic carbocycles. The predicted molar refractivity (Wildman–Crippen MR) is 194 cm³/mol. The Kier molecular flexibility index (Phi) is 16.9. The fourth-order valence-electron chi connectivity index (χ4n) is 6.55. The molecule has 2 aromatic rings. The van der Waals surface area contributed by atoms with E-state index in [2.05, 4.69) is 60.6 Å². The number of carbonyl (C=O) groups excluding carboxylic acids is 1. The van der Waals surface area contributed by atoms with E-state index in [1.807, 2.05) is 12.1 Å². The van der Waals surface area contributed by atoms with Gasteiger partial charge in [0.05, 0.1) is 19.8 Å². The first-order chi connectivity index (χ1) is 21.9. The fourth-order valence-corrected chi connectivity index (χ4v) is 6.55. The molecule has 0 bridgehead atoms. The molecular formula is C41H64O5. The van der Waals surface area contributed by atoms with Gasteiger partial charge in [0, 0.05) is 17.7 Å². The third-order valence-corrected chi connectivity index (χ3v) is 9.59. The van der Waals surface area contributed by atoms with Gasteiger partial charge >= 0.3 is 5.97 Å². The van der Waals surface area contributed by atoms with E-state index < -0.39 is 0 Å². The van der Waals surface area contributed by atoms with Gasteiger partial charge in [-0.05, 0) is 100.0 Å². The van der Waals surface area contributed by atoms with Gasteiger partial charge in [-0.2, -0.15) is 0 Å². The maximum absolute atomic E-state index is 11.8. The van der Waals surface area contributed by atoms with Gasteiger partial charge in [0.1, 0.15) is 17.1 Å². The van der Waals surface area contributed by atoms with Gasteiger partial charge in [0.15, 0.2) is 0 Å². The van der Waals surface area contributed by atoms with Crippen LogP contribution in [0.3, 0.4) is 0 Å². The molecule has 3 rings (SSSR count). The van der Waals surface area contributed by atoms with Crippen LogP contribution in [0.1, 0.15) is 144 Å². The average Bonchev–Trinajstić information content (AvgIpc) is 3.02. The Hall–Kier alpha value is -2.79. The topological polar surface area (TPSA) is 65.0 Å². The van der Waals surface area contributed by atoms with Crippen LogP contribution in [0.15, 0.2) is 24.3 Å². The van der Waals surface area contributed by atoms with Crippen LogP contribution < -0.4 is 9.47 Å². The third-order valence-electron chi connectivity index (χ3n) is 9.59. The lowest BCUT2D eigenvalue weighted by Crippen LogP contribution is -2.37. The standard InChI is InChI=1S/C39H58O4.C2H6O/c1-27(2)13-10-14-28(3)15-11-16-29(4)17-12-25-39(7)26-24-35-34(36(41-8)30(5)31(6)37(35)43-39)23-20-32-18-21-33(22-19-32)38(40)42-9;1-2-3/h18-23,27-29H,10-17,24-26H2,1-9H3;3H,2H2,1H3/b23-20+;. The molecule has 0 saturated heterocycles. The number of fused-ring (bicyclic) bond motifs is 1. The number of rotatable bonds is 16. The van der Waals surface area contributed by atoms with E-state index in [-0.39, 0.29) is 18.2 Å². The number of carbonyl (C=O) groups is 1. The Morgan fingerprint density at radius 1 is 0.913 bits per heavy atom. The molecule has 3 unspecified atom stereocenters. The zero-order valence-corrected chi connectivity index (χ0v) is 30.8. The summed E-state index contributed by atoms with van der Waals surface area (Å²) in [5.74, 6) is 4.08. The van der Waals surface area contributed by atoms with Crippen molar-refractivity contribution in [1.82, 2.24) is 0 Å². The zero-order chi connectivity index (χ0) is 34.3. The Labute approximate surface area is 281 Å². The molecule has 0 saturated carbocycles. The van der Waals surface area contributed by atoms with Gasteiger partial charge in [-0.15, -0.1) is 0 Å². The molecule has 0 aromatic heterocycles. The minimum Gasteiger partial charge on any atom is -0.496 e. The van der Waals surface area contributed by atoms with Crippen molar-refractivity contribution in [3.8, 4) is 11.5 Å². The van der Waals surface area contributed by atoms with Gasteiger partial charge in [-0.1, -0.05) is 96.9 Å². The fraction of sp³-hybridized carbons (Fsp3) is 0.634. The summed E-state index contributed by atoms with van der Waals surface area (Å²) in [5.41, 5.74) is 6.03. The van der Waals surface area contributed by atoms with E-state index in [9.17, 15) is 4.79 Å². The molecule has 1 aliphatic rings. The number of aliphatic hydroxyl groups is 1. The maximum atomic E-state index is 11.8. The van der Waals surface area contributed by atoms with Crippen LogP contribution >= 0.6 is 0 Å². The second kappa shape index (κ2) is 19.8. The van der Waals surface area contributed by atoms with Crippen LogP contribution in [0.2, 0.25) is 0 Å². The number of hydrogen-bond donors (Lipinski definition) is 1. The number of hydrogen-bond acceptors (Lipinski definition) is 5. The van der Waals surface area contributed by atoms with Crippen LogP contribution in [0.4, 0.5) is 0 Å². The minimum atomic E-state index is -0.326. The number of ether oxygens (including phenoxy) is 3. The van der Waals surface area contributed by atoms with Crippen molar-refractivity contribution >= 4 is 18.1 Å². The van der Waals surface area contributed by atoms with E-state index in [1.54, 1.807) is 26.2 Å². The van der Waals surface area contributed by atoms with Crippen LogP contribution in [-0.2, 0) is 11.2 Å². The van der Waals surface area contributed by atoms with E-state index in [0.29, 0.717) is 5.56 Å². The highest BCUT2D eigenvalue weighted by Gasteiger charge is 2.34. The monoisotopic (exact) mass is 636 g/mol. The highest BCUT2D eigenvalue weighted by molar-refractivity contribution is 5.89. The number of esters is 1. The van der Waals surface area contributed by atoms with Crippen LogP contribution in [0.25, 0.3) is 12.2 Å². The summed E-state index contributed by atoms with van der Waals surface area (Å²) in [4.78, 5) is 11.8. The first kappa shape index (κ1) is 39.4. The molecule has 1 heterocycles. The maximum Gasteiger partial charge on any atom is 0.337 e. The summed E-state index contributed by atoms with van der Waals surface area (Å²) in [6.07, 6.45) is 18.0. The largest absolute Gasteiger partial charge is 0.496 e. The number of methoxy groups -OCH3 is 2. The highest BCUT2D eigenvalue weighted by atomic mass is 16.5. The van der Waals surface area contributed by atoms with E-state index >= 15 is 0 Å². The lowest BCUT2D eigenvalue weighted by atomic mass is 9.83. The van der Waals surface area contributed by atoms with Crippen LogP contribution in [-0.4, -0.2) is 37.5 Å². The highest BCUT2D eigenvalue weighted by Crippen LogP contribution is 2.46. The molecule has 1 aliphatic heterocycles. The molecule has 5 heteroatoms. The van der Waals surface area contributed by atoms with Crippen molar-refractivity contribution in [2.45, 2.75) is 132 Å². The summed E-state index contributed by atoms with van der Waals surface area (Å²) in [6, 6.07) is 7.46. The van der Waals surface area contributed by atoms with E-state index in [0.717, 1.165) is 65.2 Å². The second-order valence-electron chi connectivity index (χ2n) is 14.2. The van der Waals surface area contributed by atoms with Crippen molar-refractivity contribution in [2.75, 3.05) is 20.8 Å². The van der Waals surface area contributed by atoms with E-state index in [1.165, 1.54) is 69.6 Å². The Balaban J connectivity index is 0.00000236. The molecule has 258 valence electrons. The zero-order valence-electron chi connectivity index (χ0n) is 30.8. The first-order valence-electron chi connectivity index (χ1n) is 17.8. The molecule has 0 amide bonds. The summed E-state index contributed by atoms with van der Waals surface area (Å²) < 4.78 is 17.6. The van der Waals surface area contributed by atoms with Gasteiger partial charge in [0.2, 0.25) is 0 Å². The molecule has 3 atom stereocenters. The molecule has 0 aliphatic carbocycles. The van der Waals surface area contributed by atoms with Crippen molar-refractivity contribution in [3.63, 3.8) is 0 Å². The average molecular weight is 637 g/mol. The van der Waals surface area contributed by atoms with Crippen molar-refractivity contribution in [1.29, 1.82) is 0 Å². The first-order valence-corrected chi connectivity index (χ1v) is 17.8. The van der Waals surface area contributed by atoms with Crippen LogP contribution in [0, 0.1) is 31.6 Å². The Morgan fingerprint density at radius 2 is 1.48 bits per heavy atom. The summed E-state index contributed by atoms with van der Waals surface area (Å²) in [5, 5.41) is 7.57.